The minimum atomic E-state index is -0.0951. The van der Waals surface area contributed by atoms with Crippen LogP contribution in [0.5, 0.6) is 0 Å². The van der Waals surface area contributed by atoms with Gasteiger partial charge < -0.3 is 10.6 Å². The van der Waals surface area contributed by atoms with Gasteiger partial charge in [-0.2, -0.15) is 0 Å². The van der Waals surface area contributed by atoms with Gasteiger partial charge in [0.2, 0.25) is 5.91 Å². The summed E-state index contributed by atoms with van der Waals surface area (Å²) in [6.07, 6.45) is 1.16. The van der Waals surface area contributed by atoms with Crippen LogP contribution in [0.15, 0.2) is 30.3 Å². The Hall–Kier alpha value is -1.35. The summed E-state index contributed by atoms with van der Waals surface area (Å²) in [5, 5.41) is 0. The topological polar surface area (TPSA) is 46.3 Å². The molecule has 0 radical (unpaired) electrons. The smallest absolute Gasteiger partial charge is 0.223 e. The van der Waals surface area contributed by atoms with Gasteiger partial charge in [-0.3, -0.25) is 4.79 Å². The minimum Gasteiger partial charge on any atom is -0.349 e. The molecule has 0 aromatic heterocycles. The molecule has 0 aliphatic carbocycles. The number of hydrogen-bond acceptors (Lipinski definition) is 2. The molecule has 3 heteroatoms. The molecule has 1 amide bonds. The molecule has 0 unspecified atom stereocenters. The highest BCUT2D eigenvalue weighted by Crippen LogP contribution is 2.04. The summed E-state index contributed by atoms with van der Waals surface area (Å²) in [7, 11) is 3.50. The van der Waals surface area contributed by atoms with E-state index in [1.165, 1.54) is 5.56 Å². The maximum Gasteiger partial charge on any atom is 0.223 e. The molecule has 2 N–H and O–H groups in total. The fraction of sp³-hybridized carbons (Fsp3) is 0.417. The fourth-order valence-corrected chi connectivity index (χ4v) is 1.40. The maximum atomic E-state index is 11.4. The van der Waals surface area contributed by atoms with Crippen LogP contribution in [0.4, 0.5) is 0 Å². The Labute approximate surface area is 90.9 Å². The summed E-state index contributed by atoms with van der Waals surface area (Å²) >= 11 is 0. The average Bonchev–Trinajstić information content (AvgIpc) is 2.18. The van der Waals surface area contributed by atoms with Crippen molar-refractivity contribution in [3.63, 3.8) is 0 Å². The largest absolute Gasteiger partial charge is 0.349 e. The highest BCUT2D eigenvalue weighted by Gasteiger charge is 2.11. The van der Waals surface area contributed by atoms with Crippen molar-refractivity contribution in [3.8, 4) is 0 Å². The van der Waals surface area contributed by atoms with Crippen molar-refractivity contribution >= 4 is 5.91 Å². The van der Waals surface area contributed by atoms with E-state index in [0.717, 1.165) is 6.42 Å². The van der Waals surface area contributed by atoms with Crippen molar-refractivity contribution in [2.24, 2.45) is 5.73 Å². The van der Waals surface area contributed by atoms with Crippen molar-refractivity contribution in [3.05, 3.63) is 35.9 Å². The summed E-state index contributed by atoms with van der Waals surface area (Å²) in [4.78, 5) is 13.0. The van der Waals surface area contributed by atoms with E-state index in [0.29, 0.717) is 6.42 Å². The summed E-state index contributed by atoms with van der Waals surface area (Å²) in [5.74, 6) is 0.0819. The van der Waals surface area contributed by atoms with Crippen LogP contribution in [0.25, 0.3) is 0 Å². The molecule has 0 fully saturated rings. The van der Waals surface area contributed by atoms with Gasteiger partial charge in [0.25, 0.3) is 0 Å². The predicted octanol–water partition coefficient (Wildman–Crippen LogP) is 1.03. The fourth-order valence-electron chi connectivity index (χ4n) is 1.40. The molecule has 0 aliphatic rings. The van der Waals surface area contributed by atoms with Crippen LogP contribution in [0.2, 0.25) is 0 Å². The maximum absolute atomic E-state index is 11.4. The number of rotatable bonds is 4. The van der Waals surface area contributed by atoms with Gasteiger partial charge in [-0.15, -0.1) is 0 Å². The van der Waals surface area contributed by atoms with E-state index in [-0.39, 0.29) is 11.9 Å². The molecule has 0 saturated heterocycles. The lowest BCUT2D eigenvalue weighted by Crippen LogP contribution is -2.32. The van der Waals surface area contributed by atoms with Gasteiger partial charge >= 0.3 is 0 Å². The third-order valence-corrected chi connectivity index (χ3v) is 2.28. The molecule has 3 nitrogen and oxygen atoms in total. The summed E-state index contributed by atoms with van der Waals surface area (Å²) in [6.45, 7) is 0. The van der Waals surface area contributed by atoms with E-state index in [2.05, 4.69) is 0 Å². The number of nitrogens with two attached hydrogens (primary N) is 1. The molecule has 0 saturated carbocycles. The third kappa shape index (κ3) is 4.13. The molecular formula is C12H18N2O. The molecule has 82 valence electrons. The minimum absolute atomic E-state index is 0.0819. The van der Waals surface area contributed by atoms with Gasteiger partial charge in [0.15, 0.2) is 0 Å². The van der Waals surface area contributed by atoms with E-state index in [9.17, 15) is 4.79 Å². The monoisotopic (exact) mass is 206 g/mol. The number of carbonyl (C=O) groups excluding carboxylic acids is 1. The van der Waals surface area contributed by atoms with Gasteiger partial charge in [0.1, 0.15) is 0 Å². The Balaban J connectivity index is 2.43. The van der Waals surface area contributed by atoms with Crippen LogP contribution < -0.4 is 5.73 Å². The molecule has 1 aromatic rings. The molecule has 0 spiro atoms. The second-order valence-corrected chi connectivity index (χ2v) is 3.94. The SMILES string of the molecule is CN(C)C(=O)C[C@H](N)Cc1ccccc1. The van der Waals surface area contributed by atoms with Crippen LogP contribution in [0.1, 0.15) is 12.0 Å². The lowest BCUT2D eigenvalue weighted by molar-refractivity contribution is -0.129. The van der Waals surface area contributed by atoms with E-state index in [1.807, 2.05) is 30.3 Å². The zero-order valence-electron chi connectivity index (χ0n) is 9.31. The number of carbonyl (C=O) groups is 1. The zero-order chi connectivity index (χ0) is 11.3. The first-order valence-corrected chi connectivity index (χ1v) is 5.09. The van der Waals surface area contributed by atoms with E-state index in [1.54, 1.807) is 19.0 Å². The zero-order valence-corrected chi connectivity index (χ0v) is 9.31. The molecule has 15 heavy (non-hydrogen) atoms. The second kappa shape index (κ2) is 5.51. The Morgan fingerprint density at radius 2 is 1.93 bits per heavy atom. The molecule has 1 rings (SSSR count). The first-order chi connectivity index (χ1) is 7.09. The third-order valence-electron chi connectivity index (χ3n) is 2.28. The van der Waals surface area contributed by atoms with Gasteiger partial charge in [-0.25, -0.2) is 0 Å². The quantitative estimate of drug-likeness (QED) is 0.800. The van der Waals surface area contributed by atoms with Gasteiger partial charge in [-0.1, -0.05) is 30.3 Å². The summed E-state index contributed by atoms with van der Waals surface area (Å²) in [5.41, 5.74) is 7.07. The van der Waals surface area contributed by atoms with Gasteiger partial charge in [-0.05, 0) is 12.0 Å². The normalized spacial score (nSPS) is 12.2. The van der Waals surface area contributed by atoms with Gasteiger partial charge in [0, 0.05) is 26.6 Å². The lowest BCUT2D eigenvalue weighted by Gasteiger charge is -2.15. The molecule has 0 aliphatic heterocycles. The first kappa shape index (κ1) is 11.7. The number of nitrogens with zero attached hydrogens (tertiary/aromatic N) is 1. The van der Waals surface area contributed by atoms with Crippen molar-refractivity contribution in [1.82, 2.24) is 4.90 Å². The Morgan fingerprint density at radius 1 is 1.33 bits per heavy atom. The molecule has 0 bridgehead atoms. The van der Waals surface area contributed by atoms with Crippen LogP contribution in [0.3, 0.4) is 0 Å². The second-order valence-electron chi connectivity index (χ2n) is 3.94. The number of benzene rings is 1. The highest BCUT2D eigenvalue weighted by atomic mass is 16.2. The lowest BCUT2D eigenvalue weighted by atomic mass is 10.0. The molecule has 1 aromatic carbocycles. The highest BCUT2D eigenvalue weighted by molar-refractivity contribution is 5.76. The van der Waals surface area contributed by atoms with Crippen molar-refractivity contribution in [2.75, 3.05) is 14.1 Å². The van der Waals surface area contributed by atoms with Crippen LogP contribution in [0, 0.1) is 0 Å². The van der Waals surface area contributed by atoms with Crippen molar-refractivity contribution in [1.29, 1.82) is 0 Å². The van der Waals surface area contributed by atoms with E-state index >= 15 is 0 Å². The summed E-state index contributed by atoms with van der Waals surface area (Å²) in [6, 6.07) is 9.90. The Kier molecular flexibility index (Phi) is 4.31. The number of amides is 1. The van der Waals surface area contributed by atoms with E-state index in [4.69, 9.17) is 5.73 Å². The van der Waals surface area contributed by atoms with Crippen LogP contribution in [-0.2, 0) is 11.2 Å². The van der Waals surface area contributed by atoms with E-state index < -0.39 is 0 Å². The van der Waals surface area contributed by atoms with Crippen molar-refractivity contribution < 1.29 is 4.79 Å². The molecule has 0 heterocycles. The standard InChI is InChI=1S/C12H18N2O/c1-14(2)12(15)9-11(13)8-10-6-4-3-5-7-10/h3-7,11H,8-9,13H2,1-2H3/t11-/m1/s1. The Morgan fingerprint density at radius 3 is 2.47 bits per heavy atom. The van der Waals surface area contributed by atoms with Crippen LogP contribution >= 0.6 is 0 Å². The van der Waals surface area contributed by atoms with Crippen LogP contribution in [-0.4, -0.2) is 30.9 Å². The first-order valence-electron chi connectivity index (χ1n) is 5.09. The van der Waals surface area contributed by atoms with Gasteiger partial charge in [0.05, 0.1) is 0 Å². The van der Waals surface area contributed by atoms with Crippen molar-refractivity contribution in [2.45, 2.75) is 18.9 Å². The Bertz CT molecular complexity index is 309. The average molecular weight is 206 g/mol. The molecular weight excluding hydrogens is 188 g/mol. The summed E-state index contributed by atoms with van der Waals surface area (Å²) < 4.78 is 0. The predicted molar refractivity (Wildman–Crippen MR) is 61.4 cm³/mol. The molecule has 1 atom stereocenters. The number of hydrogen-bond donors (Lipinski definition) is 1.